The number of thiophene rings is 1. The van der Waals surface area contributed by atoms with Crippen LogP contribution in [0.5, 0.6) is 0 Å². The third kappa shape index (κ3) is 1.77. The number of hydrogen-bond donors (Lipinski definition) is 1. The van der Waals surface area contributed by atoms with E-state index in [0.29, 0.717) is 4.34 Å². The molecule has 0 aromatic carbocycles. The lowest BCUT2D eigenvalue weighted by molar-refractivity contribution is -0.144. The molecule has 2 rings (SSSR count). The summed E-state index contributed by atoms with van der Waals surface area (Å²) >= 11 is 7.42. The summed E-state index contributed by atoms with van der Waals surface area (Å²) in [4.78, 5) is 14.2. The van der Waals surface area contributed by atoms with Crippen LogP contribution in [0.3, 0.4) is 0 Å². The zero-order valence-corrected chi connectivity index (χ0v) is 10.1. The van der Waals surface area contributed by atoms with Gasteiger partial charge in [0.1, 0.15) is 6.04 Å². The van der Waals surface area contributed by atoms with Gasteiger partial charge in [-0.1, -0.05) is 11.6 Å². The molecule has 1 N–H and O–H groups in total. The van der Waals surface area contributed by atoms with Crippen molar-refractivity contribution >= 4 is 28.9 Å². The number of halogens is 1. The zero-order valence-electron chi connectivity index (χ0n) is 8.53. The molecule has 2 atom stereocenters. The predicted molar refractivity (Wildman–Crippen MR) is 60.6 cm³/mol. The van der Waals surface area contributed by atoms with Crippen LogP contribution in [0.4, 0.5) is 0 Å². The fraction of sp³-hybridized carbons (Fsp3) is 0.500. The maximum Gasteiger partial charge on any atom is 0.325 e. The van der Waals surface area contributed by atoms with Crippen molar-refractivity contribution in [3.63, 3.8) is 0 Å². The molecule has 3 nitrogen and oxygen atoms in total. The van der Waals surface area contributed by atoms with E-state index in [4.69, 9.17) is 11.6 Å². The molecule has 15 heavy (non-hydrogen) atoms. The van der Waals surface area contributed by atoms with Crippen molar-refractivity contribution in [2.24, 2.45) is 0 Å². The van der Waals surface area contributed by atoms with Crippen LogP contribution >= 0.6 is 22.9 Å². The topological polar surface area (TPSA) is 40.5 Å². The fourth-order valence-electron chi connectivity index (χ4n) is 1.99. The molecule has 0 spiro atoms. The minimum atomic E-state index is -0.806. The van der Waals surface area contributed by atoms with Gasteiger partial charge in [-0.25, -0.2) is 0 Å². The van der Waals surface area contributed by atoms with Gasteiger partial charge in [0.25, 0.3) is 0 Å². The van der Waals surface area contributed by atoms with Crippen LogP contribution in [0.25, 0.3) is 0 Å². The van der Waals surface area contributed by atoms with Crippen LogP contribution in [0.2, 0.25) is 4.34 Å². The Bertz CT molecular complexity index is 404. The van der Waals surface area contributed by atoms with Crippen molar-refractivity contribution in [2.45, 2.75) is 25.4 Å². The van der Waals surface area contributed by atoms with E-state index in [1.165, 1.54) is 11.3 Å². The van der Waals surface area contributed by atoms with Crippen molar-refractivity contribution in [1.29, 1.82) is 0 Å². The largest absolute Gasteiger partial charge is 0.480 e. The van der Waals surface area contributed by atoms with Crippen molar-refractivity contribution in [3.8, 4) is 0 Å². The summed E-state index contributed by atoms with van der Waals surface area (Å²) in [5.41, 5.74) is 0.859. The molecule has 82 valence electrons. The summed E-state index contributed by atoms with van der Waals surface area (Å²) in [7, 11) is 1.85. The SMILES string of the molecule is CC1Cc2sc(Cl)cc2C(C(=O)O)N1C. The number of aliphatic carboxylic acids is 1. The average Bonchev–Trinajstić information content (AvgIpc) is 2.46. The maximum atomic E-state index is 11.2. The highest BCUT2D eigenvalue weighted by molar-refractivity contribution is 7.16. The Kier molecular flexibility index (Phi) is 2.75. The number of carboxylic acids is 1. The normalized spacial score (nSPS) is 26.3. The number of nitrogens with zero attached hydrogens (tertiary/aromatic N) is 1. The lowest BCUT2D eigenvalue weighted by Gasteiger charge is -2.35. The molecule has 1 aliphatic heterocycles. The van der Waals surface area contributed by atoms with Gasteiger partial charge in [-0.2, -0.15) is 0 Å². The Labute approximate surface area is 97.3 Å². The maximum absolute atomic E-state index is 11.2. The molecular formula is C10H12ClNO2S. The molecule has 1 aliphatic rings. The van der Waals surface area contributed by atoms with Gasteiger partial charge in [0.2, 0.25) is 0 Å². The highest BCUT2D eigenvalue weighted by atomic mass is 35.5. The highest BCUT2D eigenvalue weighted by Crippen LogP contribution is 2.39. The van der Waals surface area contributed by atoms with E-state index in [1.54, 1.807) is 6.07 Å². The molecule has 2 unspecified atom stereocenters. The van der Waals surface area contributed by atoms with E-state index >= 15 is 0 Å². The van der Waals surface area contributed by atoms with Gasteiger partial charge in [0.15, 0.2) is 0 Å². The Hall–Kier alpha value is -0.580. The van der Waals surface area contributed by atoms with E-state index in [1.807, 2.05) is 18.9 Å². The Morgan fingerprint density at radius 1 is 1.73 bits per heavy atom. The second kappa shape index (κ2) is 3.77. The van der Waals surface area contributed by atoms with Crippen LogP contribution in [0, 0.1) is 0 Å². The molecule has 0 radical (unpaired) electrons. The number of likely N-dealkylation sites (N-methyl/N-ethyl adjacent to an activating group) is 1. The molecule has 2 heterocycles. The van der Waals surface area contributed by atoms with E-state index in [9.17, 15) is 9.90 Å². The van der Waals surface area contributed by atoms with Crippen molar-refractivity contribution in [2.75, 3.05) is 7.05 Å². The Morgan fingerprint density at radius 3 is 3.00 bits per heavy atom. The number of rotatable bonds is 1. The van der Waals surface area contributed by atoms with Gasteiger partial charge >= 0.3 is 5.97 Å². The van der Waals surface area contributed by atoms with Crippen LogP contribution in [0.1, 0.15) is 23.4 Å². The van der Waals surface area contributed by atoms with Gasteiger partial charge in [0.05, 0.1) is 4.34 Å². The monoisotopic (exact) mass is 245 g/mol. The molecule has 0 aliphatic carbocycles. The van der Waals surface area contributed by atoms with Crippen molar-refractivity contribution < 1.29 is 9.90 Å². The summed E-state index contributed by atoms with van der Waals surface area (Å²) < 4.78 is 0.675. The highest BCUT2D eigenvalue weighted by Gasteiger charge is 2.35. The van der Waals surface area contributed by atoms with Gasteiger partial charge < -0.3 is 5.11 Å². The smallest absolute Gasteiger partial charge is 0.325 e. The van der Waals surface area contributed by atoms with E-state index in [-0.39, 0.29) is 6.04 Å². The summed E-state index contributed by atoms with van der Waals surface area (Å²) in [6.45, 7) is 2.03. The van der Waals surface area contributed by atoms with Crippen molar-refractivity contribution in [1.82, 2.24) is 4.90 Å². The van der Waals surface area contributed by atoms with Gasteiger partial charge in [0, 0.05) is 10.9 Å². The fourth-order valence-corrected chi connectivity index (χ4v) is 3.42. The minimum absolute atomic E-state index is 0.244. The van der Waals surface area contributed by atoms with Gasteiger partial charge in [-0.15, -0.1) is 11.3 Å². The summed E-state index contributed by atoms with van der Waals surface area (Å²) in [5, 5.41) is 9.20. The third-order valence-electron chi connectivity index (χ3n) is 2.92. The average molecular weight is 246 g/mol. The number of hydrogen-bond acceptors (Lipinski definition) is 3. The summed E-state index contributed by atoms with van der Waals surface area (Å²) in [6, 6.07) is 1.48. The first-order valence-corrected chi connectivity index (χ1v) is 5.93. The minimum Gasteiger partial charge on any atom is -0.480 e. The third-order valence-corrected chi connectivity index (χ3v) is 4.23. The zero-order chi connectivity index (χ0) is 11.2. The summed E-state index contributed by atoms with van der Waals surface area (Å²) in [5.74, 6) is -0.806. The Morgan fingerprint density at radius 2 is 2.40 bits per heavy atom. The van der Waals surface area contributed by atoms with Crippen LogP contribution < -0.4 is 0 Å². The molecule has 0 bridgehead atoms. The second-order valence-corrected chi connectivity index (χ2v) is 5.66. The second-order valence-electron chi connectivity index (χ2n) is 3.89. The number of fused-ring (bicyclic) bond motifs is 1. The van der Waals surface area contributed by atoms with E-state index in [2.05, 4.69) is 0 Å². The van der Waals surface area contributed by atoms with Crippen LogP contribution in [-0.4, -0.2) is 29.1 Å². The molecule has 5 heteroatoms. The predicted octanol–water partition coefficient (Wildman–Crippen LogP) is 2.40. The molecule has 0 fully saturated rings. The molecule has 0 saturated carbocycles. The molecule has 1 aromatic heterocycles. The molecular weight excluding hydrogens is 234 g/mol. The van der Waals surface area contributed by atoms with Crippen LogP contribution in [-0.2, 0) is 11.2 Å². The standard InChI is InChI=1S/C10H12ClNO2S/c1-5-3-7-6(4-8(11)15-7)9(10(13)14)12(5)2/h4-5,9H,3H2,1-2H3,(H,13,14). The van der Waals surface area contributed by atoms with Crippen LogP contribution in [0.15, 0.2) is 6.07 Å². The number of carbonyl (C=O) groups is 1. The summed E-state index contributed by atoms with van der Waals surface area (Å²) in [6.07, 6.45) is 0.882. The van der Waals surface area contributed by atoms with Gasteiger partial charge in [-0.05, 0) is 32.0 Å². The van der Waals surface area contributed by atoms with E-state index in [0.717, 1.165) is 16.9 Å². The first-order valence-electron chi connectivity index (χ1n) is 4.73. The number of carboxylic acid groups (broad SMARTS) is 1. The first kappa shape index (κ1) is 10.9. The molecule has 1 aromatic rings. The quantitative estimate of drug-likeness (QED) is 0.826. The molecule has 0 amide bonds. The Balaban J connectivity index is 2.49. The lowest BCUT2D eigenvalue weighted by Crippen LogP contribution is -2.42. The first-order chi connectivity index (χ1) is 7.00. The lowest BCUT2D eigenvalue weighted by atomic mass is 9.96. The van der Waals surface area contributed by atoms with Crippen molar-refractivity contribution in [3.05, 3.63) is 20.8 Å². The van der Waals surface area contributed by atoms with Gasteiger partial charge in [-0.3, -0.25) is 9.69 Å². The molecule has 0 saturated heterocycles. The van der Waals surface area contributed by atoms with E-state index < -0.39 is 12.0 Å².